The molecule has 1 N–H and O–H groups in total. The van der Waals surface area contributed by atoms with E-state index in [0.29, 0.717) is 26.1 Å². The third-order valence-electron chi connectivity index (χ3n) is 2.67. The van der Waals surface area contributed by atoms with Crippen LogP contribution >= 0.6 is 0 Å². The normalized spacial score (nSPS) is 10.3. The molecule has 5 heteroatoms. The highest BCUT2D eigenvalue weighted by Crippen LogP contribution is 2.13. The van der Waals surface area contributed by atoms with E-state index in [-0.39, 0.29) is 5.91 Å². The highest BCUT2D eigenvalue weighted by atomic mass is 16.7. The number of hydrogen-bond donors (Lipinski definition) is 1. The van der Waals surface area contributed by atoms with Crippen molar-refractivity contribution in [1.82, 2.24) is 5.48 Å². The van der Waals surface area contributed by atoms with Crippen LogP contribution in [0.5, 0.6) is 0 Å². The maximum Gasteiger partial charge on any atom is 0.243 e. The fourth-order valence-corrected chi connectivity index (χ4v) is 1.53. The minimum atomic E-state index is -0.118. The van der Waals surface area contributed by atoms with E-state index in [2.05, 4.69) is 5.48 Å². The summed E-state index contributed by atoms with van der Waals surface area (Å²) in [7, 11) is 5.59. The molecular weight excluding hydrogens is 244 g/mol. The standard InChI is InChI=1S/C14H22N2O3/c1-16(2)13-7-4-12(5-8-13)6-9-14(17)15-19-11-10-18-3/h4-5,7-8H,6,9-11H2,1-3H3,(H,15,17). The zero-order chi connectivity index (χ0) is 14.1. The van der Waals surface area contributed by atoms with Crippen molar-refractivity contribution in [2.75, 3.05) is 39.3 Å². The predicted molar refractivity (Wildman–Crippen MR) is 75.1 cm³/mol. The van der Waals surface area contributed by atoms with Crippen LogP contribution in [-0.2, 0) is 20.8 Å². The SMILES string of the molecule is COCCONC(=O)CCc1ccc(N(C)C)cc1. The fourth-order valence-electron chi connectivity index (χ4n) is 1.53. The summed E-state index contributed by atoms with van der Waals surface area (Å²) in [5.41, 5.74) is 4.68. The summed E-state index contributed by atoms with van der Waals surface area (Å²) < 4.78 is 4.80. The summed E-state index contributed by atoms with van der Waals surface area (Å²) in [6.45, 7) is 0.825. The zero-order valence-corrected chi connectivity index (χ0v) is 11.8. The van der Waals surface area contributed by atoms with Gasteiger partial charge in [0.25, 0.3) is 0 Å². The number of carbonyl (C=O) groups excluding carboxylic acids is 1. The molecule has 1 rings (SSSR count). The summed E-state index contributed by atoms with van der Waals surface area (Å²) in [5.74, 6) is -0.118. The number of hydrogen-bond acceptors (Lipinski definition) is 4. The molecule has 0 bridgehead atoms. The number of nitrogens with zero attached hydrogens (tertiary/aromatic N) is 1. The van der Waals surface area contributed by atoms with Gasteiger partial charge < -0.3 is 9.64 Å². The number of methoxy groups -OCH3 is 1. The van der Waals surface area contributed by atoms with Crippen molar-refractivity contribution in [3.8, 4) is 0 Å². The predicted octanol–water partition coefficient (Wildman–Crippen LogP) is 1.38. The van der Waals surface area contributed by atoms with E-state index in [1.54, 1.807) is 7.11 Å². The molecule has 0 aliphatic carbocycles. The van der Waals surface area contributed by atoms with E-state index in [1.807, 2.05) is 43.3 Å². The van der Waals surface area contributed by atoms with Crippen LogP contribution in [0.4, 0.5) is 5.69 Å². The first-order chi connectivity index (χ1) is 9.13. The highest BCUT2D eigenvalue weighted by molar-refractivity contribution is 5.75. The lowest BCUT2D eigenvalue weighted by Crippen LogP contribution is -2.25. The first-order valence-corrected chi connectivity index (χ1v) is 6.29. The smallest absolute Gasteiger partial charge is 0.243 e. The van der Waals surface area contributed by atoms with Crippen LogP contribution in [0.1, 0.15) is 12.0 Å². The van der Waals surface area contributed by atoms with Gasteiger partial charge in [0.05, 0.1) is 13.2 Å². The van der Waals surface area contributed by atoms with Crippen LogP contribution in [-0.4, -0.2) is 40.3 Å². The molecule has 106 valence electrons. The van der Waals surface area contributed by atoms with Gasteiger partial charge in [-0.2, -0.15) is 0 Å². The van der Waals surface area contributed by atoms with E-state index in [0.717, 1.165) is 11.3 Å². The van der Waals surface area contributed by atoms with Crippen LogP contribution in [0, 0.1) is 0 Å². The molecule has 0 saturated carbocycles. The molecule has 1 amide bonds. The average Bonchev–Trinajstić information content (AvgIpc) is 2.42. The summed E-state index contributed by atoms with van der Waals surface area (Å²) in [4.78, 5) is 18.5. The molecule has 0 aliphatic rings. The molecular formula is C14H22N2O3. The average molecular weight is 266 g/mol. The third kappa shape index (κ3) is 6.22. The number of hydroxylamine groups is 1. The second kappa shape index (κ2) is 8.50. The molecule has 0 heterocycles. The zero-order valence-electron chi connectivity index (χ0n) is 11.8. The van der Waals surface area contributed by atoms with Crippen LogP contribution < -0.4 is 10.4 Å². The Balaban J connectivity index is 2.26. The Labute approximate surface area is 114 Å². The van der Waals surface area contributed by atoms with E-state index < -0.39 is 0 Å². The van der Waals surface area contributed by atoms with E-state index in [9.17, 15) is 4.79 Å². The second-order valence-corrected chi connectivity index (χ2v) is 4.43. The Hall–Kier alpha value is -1.59. The quantitative estimate of drug-likeness (QED) is 0.570. The van der Waals surface area contributed by atoms with Gasteiger partial charge in [0.15, 0.2) is 0 Å². The van der Waals surface area contributed by atoms with Crippen molar-refractivity contribution < 1.29 is 14.4 Å². The molecule has 0 aromatic heterocycles. The van der Waals surface area contributed by atoms with Gasteiger partial charge >= 0.3 is 0 Å². The molecule has 5 nitrogen and oxygen atoms in total. The Kier molecular flexibility index (Phi) is 6.92. The maximum absolute atomic E-state index is 11.5. The lowest BCUT2D eigenvalue weighted by Gasteiger charge is -2.12. The van der Waals surface area contributed by atoms with E-state index in [1.165, 1.54) is 0 Å². The number of anilines is 1. The summed E-state index contributed by atoms with van der Waals surface area (Å²) in [6.07, 6.45) is 1.11. The molecule has 0 radical (unpaired) electrons. The molecule has 0 aliphatic heterocycles. The largest absolute Gasteiger partial charge is 0.382 e. The van der Waals surface area contributed by atoms with Gasteiger partial charge in [-0.05, 0) is 24.1 Å². The first-order valence-electron chi connectivity index (χ1n) is 6.29. The summed E-state index contributed by atoms with van der Waals surface area (Å²) in [6, 6.07) is 8.16. The Morgan fingerprint density at radius 1 is 1.21 bits per heavy atom. The molecule has 0 fully saturated rings. The minimum absolute atomic E-state index is 0.118. The lowest BCUT2D eigenvalue weighted by molar-refractivity contribution is -0.134. The van der Waals surface area contributed by atoms with Crippen LogP contribution in [0.15, 0.2) is 24.3 Å². The molecule has 0 spiro atoms. The summed E-state index contributed by atoms with van der Waals surface area (Å²) in [5, 5.41) is 0. The molecule has 1 aromatic carbocycles. The van der Waals surface area contributed by atoms with Crippen molar-refractivity contribution in [2.24, 2.45) is 0 Å². The third-order valence-corrected chi connectivity index (χ3v) is 2.67. The van der Waals surface area contributed by atoms with Gasteiger partial charge in [0.2, 0.25) is 5.91 Å². The van der Waals surface area contributed by atoms with Crippen LogP contribution in [0.25, 0.3) is 0 Å². The minimum Gasteiger partial charge on any atom is -0.382 e. The molecule has 0 unspecified atom stereocenters. The van der Waals surface area contributed by atoms with Gasteiger partial charge in [-0.25, -0.2) is 5.48 Å². The van der Waals surface area contributed by atoms with Gasteiger partial charge in [0.1, 0.15) is 0 Å². The second-order valence-electron chi connectivity index (χ2n) is 4.43. The van der Waals surface area contributed by atoms with Gasteiger partial charge in [-0.1, -0.05) is 12.1 Å². The molecule has 0 saturated heterocycles. The van der Waals surface area contributed by atoms with E-state index >= 15 is 0 Å². The monoisotopic (exact) mass is 266 g/mol. The Bertz CT molecular complexity index is 377. The van der Waals surface area contributed by atoms with Crippen molar-refractivity contribution in [3.63, 3.8) is 0 Å². The molecule has 0 atom stereocenters. The molecule has 19 heavy (non-hydrogen) atoms. The fraction of sp³-hybridized carbons (Fsp3) is 0.500. The number of rotatable bonds is 8. The van der Waals surface area contributed by atoms with Gasteiger partial charge in [-0.3, -0.25) is 9.63 Å². The first kappa shape index (κ1) is 15.5. The van der Waals surface area contributed by atoms with Gasteiger partial charge in [0, 0.05) is 33.3 Å². The maximum atomic E-state index is 11.5. The molecule has 1 aromatic rings. The van der Waals surface area contributed by atoms with Crippen molar-refractivity contribution in [2.45, 2.75) is 12.8 Å². The number of ether oxygens (including phenoxy) is 1. The van der Waals surface area contributed by atoms with Gasteiger partial charge in [-0.15, -0.1) is 0 Å². The topological polar surface area (TPSA) is 50.8 Å². The summed E-state index contributed by atoms with van der Waals surface area (Å²) >= 11 is 0. The highest BCUT2D eigenvalue weighted by Gasteiger charge is 2.02. The van der Waals surface area contributed by atoms with Crippen molar-refractivity contribution in [1.29, 1.82) is 0 Å². The number of benzene rings is 1. The van der Waals surface area contributed by atoms with Crippen molar-refractivity contribution >= 4 is 11.6 Å². The van der Waals surface area contributed by atoms with E-state index in [4.69, 9.17) is 9.57 Å². The van der Waals surface area contributed by atoms with Crippen LogP contribution in [0.2, 0.25) is 0 Å². The van der Waals surface area contributed by atoms with Crippen molar-refractivity contribution in [3.05, 3.63) is 29.8 Å². The number of amides is 1. The number of nitrogens with one attached hydrogen (secondary N) is 1. The Morgan fingerprint density at radius 2 is 1.89 bits per heavy atom. The van der Waals surface area contributed by atoms with Crippen LogP contribution in [0.3, 0.4) is 0 Å². The number of carbonyl (C=O) groups is 1. The lowest BCUT2D eigenvalue weighted by atomic mass is 10.1. The number of aryl methyl sites for hydroxylation is 1. The Morgan fingerprint density at radius 3 is 2.47 bits per heavy atom.